The van der Waals surface area contributed by atoms with E-state index in [0.29, 0.717) is 25.3 Å². The molecule has 0 aromatic carbocycles. The number of hydrogen-bond acceptors (Lipinski definition) is 5. The molecule has 7 nitrogen and oxygen atoms in total. The average molecular weight is 284 g/mol. The molecule has 0 atom stereocenters. The molecule has 0 unspecified atom stereocenters. The van der Waals surface area contributed by atoms with Crippen molar-refractivity contribution in [3.05, 3.63) is 24.2 Å². The summed E-state index contributed by atoms with van der Waals surface area (Å²) < 4.78 is 5.09. The van der Waals surface area contributed by atoms with Crippen LogP contribution in [-0.4, -0.2) is 53.2 Å². The summed E-state index contributed by atoms with van der Waals surface area (Å²) in [6.07, 6.45) is 2.00. The summed E-state index contributed by atoms with van der Waals surface area (Å²) >= 11 is 0. The van der Waals surface area contributed by atoms with E-state index in [1.165, 1.54) is 6.26 Å². The molecule has 1 rings (SSSR count). The molecule has 20 heavy (non-hydrogen) atoms. The third kappa shape index (κ3) is 6.91. The Kier molecular flexibility index (Phi) is 7.38. The van der Waals surface area contributed by atoms with Crippen molar-refractivity contribution in [2.75, 3.05) is 26.2 Å². The number of aliphatic hydroxyl groups is 1. The lowest BCUT2D eigenvalue weighted by molar-refractivity contribution is -0.137. The number of furan rings is 1. The van der Waals surface area contributed by atoms with Crippen LogP contribution in [0.3, 0.4) is 0 Å². The quantitative estimate of drug-likeness (QED) is 0.561. The zero-order chi connectivity index (χ0) is 14.8. The molecule has 0 aliphatic heterocycles. The highest BCUT2D eigenvalue weighted by molar-refractivity contribution is 5.78. The second kappa shape index (κ2) is 9.11. The predicted octanol–water partition coefficient (Wildman–Crippen LogP) is 0.0549. The van der Waals surface area contributed by atoms with Gasteiger partial charge in [-0.2, -0.15) is 0 Å². The molecule has 0 aliphatic rings. The highest BCUT2D eigenvalue weighted by Gasteiger charge is 2.12. The summed E-state index contributed by atoms with van der Waals surface area (Å²) in [5, 5.41) is 20.2. The minimum Gasteiger partial charge on any atom is -0.481 e. The second-order valence-electron chi connectivity index (χ2n) is 4.35. The highest BCUT2D eigenvalue weighted by atomic mass is 16.4. The van der Waals surface area contributed by atoms with Crippen LogP contribution in [-0.2, 0) is 16.1 Å². The van der Waals surface area contributed by atoms with Crippen LogP contribution < -0.4 is 5.32 Å². The predicted molar refractivity (Wildman–Crippen MR) is 71.0 cm³/mol. The van der Waals surface area contributed by atoms with Crippen LogP contribution in [0.1, 0.15) is 18.6 Å². The van der Waals surface area contributed by atoms with Crippen molar-refractivity contribution in [2.24, 2.45) is 0 Å². The monoisotopic (exact) mass is 284 g/mol. The summed E-state index contributed by atoms with van der Waals surface area (Å²) in [4.78, 5) is 24.0. The van der Waals surface area contributed by atoms with Crippen molar-refractivity contribution >= 4 is 11.9 Å². The number of nitrogens with zero attached hydrogens (tertiary/aromatic N) is 1. The number of carboxylic acids is 1. The number of carboxylic acid groups (broad SMARTS) is 1. The number of rotatable bonds is 10. The summed E-state index contributed by atoms with van der Waals surface area (Å²) in [5.74, 6) is -0.453. The maximum Gasteiger partial charge on any atom is 0.304 e. The topological polar surface area (TPSA) is 103 Å². The van der Waals surface area contributed by atoms with Crippen molar-refractivity contribution in [1.82, 2.24) is 10.2 Å². The first-order valence-electron chi connectivity index (χ1n) is 6.46. The molecule has 7 heteroatoms. The van der Waals surface area contributed by atoms with E-state index in [-0.39, 0.29) is 32.0 Å². The largest absolute Gasteiger partial charge is 0.481 e. The summed E-state index contributed by atoms with van der Waals surface area (Å²) in [6, 6.07) is 3.50. The van der Waals surface area contributed by atoms with Crippen molar-refractivity contribution in [3.8, 4) is 0 Å². The van der Waals surface area contributed by atoms with Crippen LogP contribution in [0.15, 0.2) is 22.8 Å². The van der Waals surface area contributed by atoms with Gasteiger partial charge in [-0.05, 0) is 18.6 Å². The van der Waals surface area contributed by atoms with E-state index in [0.717, 1.165) is 0 Å². The van der Waals surface area contributed by atoms with Gasteiger partial charge in [0.15, 0.2) is 0 Å². The molecule has 0 saturated heterocycles. The van der Waals surface area contributed by atoms with Gasteiger partial charge in [0.05, 0.1) is 25.8 Å². The van der Waals surface area contributed by atoms with E-state index in [4.69, 9.17) is 14.6 Å². The highest BCUT2D eigenvalue weighted by Crippen LogP contribution is 1.99. The van der Waals surface area contributed by atoms with Gasteiger partial charge in [0.1, 0.15) is 5.76 Å². The van der Waals surface area contributed by atoms with Gasteiger partial charge in [0.25, 0.3) is 0 Å². The molecule has 1 heterocycles. The smallest absolute Gasteiger partial charge is 0.304 e. The lowest BCUT2D eigenvalue weighted by atomic mass is 10.3. The first-order chi connectivity index (χ1) is 9.61. The van der Waals surface area contributed by atoms with Gasteiger partial charge >= 0.3 is 5.97 Å². The Balaban J connectivity index is 2.33. The van der Waals surface area contributed by atoms with Crippen LogP contribution in [0.25, 0.3) is 0 Å². The zero-order valence-corrected chi connectivity index (χ0v) is 11.2. The molecule has 0 bridgehead atoms. The molecule has 1 aromatic heterocycles. The Morgan fingerprint density at radius 1 is 1.35 bits per heavy atom. The van der Waals surface area contributed by atoms with Crippen molar-refractivity contribution in [2.45, 2.75) is 19.4 Å². The Morgan fingerprint density at radius 2 is 2.15 bits per heavy atom. The van der Waals surface area contributed by atoms with Gasteiger partial charge < -0.3 is 19.9 Å². The maximum absolute atomic E-state index is 11.8. The first-order valence-corrected chi connectivity index (χ1v) is 6.46. The fourth-order valence-corrected chi connectivity index (χ4v) is 1.68. The summed E-state index contributed by atoms with van der Waals surface area (Å²) in [7, 11) is 0. The van der Waals surface area contributed by atoms with Crippen molar-refractivity contribution < 1.29 is 24.2 Å². The SMILES string of the molecule is O=C(O)CCN(CCCO)CC(=O)NCc1ccco1. The van der Waals surface area contributed by atoms with Gasteiger partial charge in [-0.25, -0.2) is 0 Å². The number of hydrogen-bond donors (Lipinski definition) is 3. The molecule has 0 saturated carbocycles. The molecule has 3 N–H and O–H groups in total. The number of nitrogens with one attached hydrogen (secondary N) is 1. The first kappa shape index (κ1) is 16.2. The molecule has 0 aliphatic carbocycles. The molecule has 112 valence electrons. The average Bonchev–Trinajstić information content (AvgIpc) is 2.92. The van der Waals surface area contributed by atoms with Crippen LogP contribution in [0.2, 0.25) is 0 Å². The molecular weight excluding hydrogens is 264 g/mol. The van der Waals surface area contributed by atoms with Gasteiger partial charge in [-0.15, -0.1) is 0 Å². The Hall–Kier alpha value is -1.86. The molecule has 1 aromatic rings. The lowest BCUT2D eigenvalue weighted by Gasteiger charge is -2.20. The molecule has 0 fully saturated rings. The minimum absolute atomic E-state index is 0.0115. The lowest BCUT2D eigenvalue weighted by Crippen LogP contribution is -2.38. The fraction of sp³-hybridized carbons (Fsp3) is 0.538. The Morgan fingerprint density at radius 3 is 2.75 bits per heavy atom. The number of amides is 1. The van der Waals surface area contributed by atoms with E-state index < -0.39 is 5.97 Å². The Labute approximate surface area is 117 Å². The van der Waals surface area contributed by atoms with Crippen molar-refractivity contribution in [1.29, 1.82) is 0 Å². The number of carbonyl (C=O) groups excluding carboxylic acids is 1. The molecule has 0 radical (unpaired) electrons. The van der Waals surface area contributed by atoms with Gasteiger partial charge in [0, 0.05) is 19.7 Å². The number of aliphatic hydroxyl groups excluding tert-OH is 1. The molecular formula is C13H20N2O5. The summed E-state index contributed by atoms with van der Waals surface area (Å²) in [5.41, 5.74) is 0. The van der Waals surface area contributed by atoms with E-state index in [9.17, 15) is 9.59 Å². The van der Waals surface area contributed by atoms with Crippen LogP contribution >= 0.6 is 0 Å². The van der Waals surface area contributed by atoms with E-state index in [2.05, 4.69) is 5.32 Å². The fourth-order valence-electron chi connectivity index (χ4n) is 1.68. The molecule has 1 amide bonds. The third-order valence-corrected chi connectivity index (χ3v) is 2.68. The standard InChI is InChI=1S/C13H20N2O5/c16-7-2-5-15(6-4-13(18)19)10-12(17)14-9-11-3-1-8-20-11/h1,3,8,16H,2,4-7,9-10H2,(H,14,17)(H,18,19). The van der Waals surface area contributed by atoms with Crippen LogP contribution in [0, 0.1) is 0 Å². The van der Waals surface area contributed by atoms with E-state index in [1.54, 1.807) is 17.0 Å². The second-order valence-corrected chi connectivity index (χ2v) is 4.35. The number of carbonyl (C=O) groups is 2. The minimum atomic E-state index is -0.907. The maximum atomic E-state index is 11.8. The van der Waals surface area contributed by atoms with Gasteiger partial charge in [-0.3, -0.25) is 14.5 Å². The van der Waals surface area contributed by atoms with Gasteiger partial charge in [0.2, 0.25) is 5.91 Å². The molecule has 0 spiro atoms. The number of aliphatic carboxylic acids is 1. The third-order valence-electron chi connectivity index (χ3n) is 2.68. The summed E-state index contributed by atoms with van der Waals surface area (Å²) in [6.45, 7) is 1.19. The van der Waals surface area contributed by atoms with E-state index >= 15 is 0 Å². The normalized spacial score (nSPS) is 10.7. The van der Waals surface area contributed by atoms with Crippen molar-refractivity contribution in [3.63, 3.8) is 0 Å². The van der Waals surface area contributed by atoms with E-state index in [1.807, 2.05) is 0 Å². The van der Waals surface area contributed by atoms with Crippen LogP contribution in [0.5, 0.6) is 0 Å². The van der Waals surface area contributed by atoms with Crippen LogP contribution in [0.4, 0.5) is 0 Å². The zero-order valence-electron chi connectivity index (χ0n) is 11.2. The Bertz CT molecular complexity index is 405. The van der Waals surface area contributed by atoms with Gasteiger partial charge in [-0.1, -0.05) is 0 Å².